The van der Waals surface area contributed by atoms with Crippen LogP contribution < -0.4 is 4.90 Å². The maximum Gasteiger partial charge on any atom is 0.237 e. The molecule has 0 aromatic heterocycles. The first-order valence-corrected chi connectivity index (χ1v) is 9.62. The largest absolute Gasteiger partial charge is 0.311 e. The van der Waals surface area contributed by atoms with E-state index in [2.05, 4.69) is 29.7 Å². The van der Waals surface area contributed by atoms with Crippen molar-refractivity contribution in [1.82, 2.24) is 4.90 Å². The molecule has 2 heterocycles. The minimum Gasteiger partial charge on any atom is -0.311 e. The normalized spacial score (nSPS) is 19.7. The Morgan fingerprint density at radius 2 is 2.00 bits per heavy atom. The van der Waals surface area contributed by atoms with E-state index in [0.717, 1.165) is 37.5 Å². The van der Waals surface area contributed by atoms with E-state index in [0.29, 0.717) is 5.75 Å². The van der Waals surface area contributed by atoms with Crippen molar-refractivity contribution in [3.05, 3.63) is 36.9 Å². The molecule has 0 radical (unpaired) electrons. The van der Waals surface area contributed by atoms with Crippen molar-refractivity contribution in [2.75, 3.05) is 36.8 Å². The Morgan fingerprint density at radius 1 is 1.22 bits per heavy atom. The molecule has 2 aliphatic rings. The molecule has 124 valence electrons. The number of piperidine rings is 1. The number of likely N-dealkylation sites (tertiary alicyclic amines) is 1. The molecule has 1 amide bonds. The zero-order chi connectivity index (χ0) is 16.1. The lowest BCUT2D eigenvalue weighted by Crippen LogP contribution is -2.39. The van der Waals surface area contributed by atoms with Crippen molar-refractivity contribution in [1.29, 1.82) is 0 Å². The number of para-hydroxylation sites is 1. The van der Waals surface area contributed by atoms with Crippen molar-refractivity contribution in [3.63, 3.8) is 0 Å². The summed E-state index contributed by atoms with van der Waals surface area (Å²) >= 11 is 1.66. The molecule has 0 bridgehead atoms. The van der Waals surface area contributed by atoms with Gasteiger partial charge in [-0.2, -0.15) is 0 Å². The Morgan fingerprint density at radius 3 is 2.78 bits per heavy atom. The highest BCUT2D eigenvalue weighted by Gasteiger charge is 2.24. The third kappa shape index (κ3) is 4.18. The van der Waals surface area contributed by atoms with Gasteiger partial charge in [0, 0.05) is 11.4 Å². The van der Waals surface area contributed by atoms with Gasteiger partial charge in [-0.15, -0.1) is 18.3 Å². The first kappa shape index (κ1) is 16.6. The van der Waals surface area contributed by atoms with Gasteiger partial charge in [0.25, 0.3) is 0 Å². The quantitative estimate of drug-likeness (QED) is 0.741. The number of rotatable bonds is 6. The molecular formula is C19H26N2OS. The van der Waals surface area contributed by atoms with Crippen LogP contribution in [0.5, 0.6) is 0 Å². The highest BCUT2D eigenvalue weighted by atomic mass is 32.2. The molecule has 1 aromatic carbocycles. The number of fused-ring (bicyclic) bond motifs is 1. The summed E-state index contributed by atoms with van der Waals surface area (Å²) < 4.78 is 0. The second-order valence-corrected chi connectivity index (χ2v) is 7.48. The molecule has 0 atom stereocenters. The van der Waals surface area contributed by atoms with E-state index < -0.39 is 0 Å². The van der Waals surface area contributed by atoms with E-state index in [1.807, 2.05) is 17.0 Å². The van der Waals surface area contributed by atoms with Gasteiger partial charge in [0.2, 0.25) is 5.91 Å². The van der Waals surface area contributed by atoms with Crippen LogP contribution in [-0.2, 0) is 4.79 Å². The summed E-state index contributed by atoms with van der Waals surface area (Å²) in [4.78, 5) is 18.0. The first-order chi connectivity index (χ1) is 11.3. The number of anilines is 1. The standard InChI is InChI=1S/C19H26N2OS/c1-2-6-16-9-13-20(14-10-16)11-5-12-21-17-7-3-4-8-18(17)23-15-19(21)22/h2-4,7-8,16H,1,5-6,9-15H2. The maximum atomic E-state index is 12.2. The predicted molar refractivity (Wildman–Crippen MR) is 98.1 cm³/mol. The van der Waals surface area contributed by atoms with Crippen molar-refractivity contribution in [2.45, 2.75) is 30.6 Å². The summed E-state index contributed by atoms with van der Waals surface area (Å²) in [6, 6.07) is 8.26. The van der Waals surface area contributed by atoms with Crippen LogP contribution in [0.2, 0.25) is 0 Å². The Kier molecular flexibility index (Phi) is 5.79. The highest BCUT2D eigenvalue weighted by molar-refractivity contribution is 8.00. The summed E-state index contributed by atoms with van der Waals surface area (Å²) in [6.07, 6.45) is 6.83. The fourth-order valence-electron chi connectivity index (χ4n) is 3.53. The number of nitrogens with zero attached hydrogens (tertiary/aromatic N) is 2. The second-order valence-electron chi connectivity index (χ2n) is 6.46. The highest BCUT2D eigenvalue weighted by Crippen LogP contribution is 2.34. The first-order valence-electron chi connectivity index (χ1n) is 8.63. The van der Waals surface area contributed by atoms with Gasteiger partial charge < -0.3 is 9.80 Å². The number of thioether (sulfide) groups is 1. The number of benzene rings is 1. The van der Waals surface area contributed by atoms with Crippen molar-refractivity contribution >= 4 is 23.4 Å². The molecule has 1 aromatic rings. The molecule has 0 spiro atoms. The van der Waals surface area contributed by atoms with E-state index in [1.165, 1.54) is 30.8 Å². The topological polar surface area (TPSA) is 23.6 Å². The van der Waals surface area contributed by atoms with Gasteiger partial charge in [-0.25, -0.2) is 0 Å². The molecule has 23 heavy (non-hydrogen) atoms. The van der Waals surface area contributed by atoms with Crippen LogP contribution in [0.4, 0.5) is 5.69 Å². The third-order valence-electron chi connectivity index (χ3n) is 4.87. The zero-order valence-electron chi connectivity index (χ0n) is 13.7. The average Bonchev–Trinajstić information content (AvgIpc) is 2.59. The second kappa shape index (κ2) is 8.02. The van der Waals surface area contributed by atoms with Crippen molar-refractivity contribution in [2.24, 2.45) is 5.92 Å². The van der Waals surface area contributed by atoms with E-state index in [1.54, 1.807) is 11.8 Å². The van der Waals surface area contributed by atoms with Crippen LogP contribution in [-0.4, -0.2) is 42.7 Å². The molecule has 1 fully saturated rings. The summed E-state index contributed by atoms with van der Waals surface area (Å²) in [5.74, 6) is 1.65. The van der Waals surface area contributed by atoms with E-state index in [4.69, 9.17) is 0 Å². The summed E-state index contributed by atoms with van der Waals surface area (Å²) in [6.45, 7) is 8.17. The molecule has 3 rings (SSSR count). The fraction of sp³-hybridized carbons (Fsp3) is 0.526. The SMILES string of the molecule is C=CCC1CCN(CCCN2C(=O)CSc3ccccc32)CC1. The Balaban J connectivity index is 1.48. The van der Waals surface area contributed by atoms with Crippen molar-refractivity contribution in [3.8, 4) is 0 Å². The van der Waals surface area contributed by atoms with Gasteiger partial charge >= 0.3 is 0 Å². The smallest absolute Gasteiger partial charge is 0.237 e. The Hall–Kier alpha value is -1.26. The average molecular weight is 330 g/mol. The fourth-order valence-corrected chi connectivity index (χ4v) is 4.47. The lowest BCUT2D eigenvalue weighted by molar-refractivity contribution is -0.116. The van der Waals surface area contributed by atoms with E-state index >= 15 is 0 Å². The third-order valence-corrected chi connectivity index (χ3v) is 5.92. The number of carbonyl (C=O) groups is 1. The minimum atomic E-state index is 0.249. The summed E-state index contributed by atoms with van der Waals surface area (Å²) in [5, 5.41) is 0. The number of hydrogen-bond donors (Lipinski definition) is 0. The van der Waals surface area contributed by atoms with Gasteiger partial charge in [-0.05, 0) is 63.4 Å². The molecule has 0 unspecified atom stereocenters. The van der Waals surface area contributed by atoms with E-state index in [9.17, 15) is 4.79 Å². The number of amides is 1. The molecule has 0 saturated carbocycles. The minimum absolute atomic E-state index is 0.249. The van der Waals surface area contributed by atoms with Gasteiger partial charge in [0.1, 0.15) is 0 Å². The van der Waals surface area contributed by atoms with Crippen LogP contribution in [0.3, 0.4) is 0 Å². The van der Waals surface area contributed by atoms with Crippen LogP contribution >= 0.6 is 11.8 Å². The lowest BCUT2D eigenvalue weighted by Gasteiger charge is -2.33. The molecular weight excluding hydrogens is 304 g/mol. The molecule has 1 saturated heterocycles. The summed E-state index contributed by atoms with van der Waals surface area (Å²) in [7, 11) is 0. The maximum absolute atomic E-state index is 12.2. The zero-order valence-corrected chi connectivity index (χ0v) is 14.6. The number of carbonyl (C=O) groups excluding carboxylic acids is 1. The summed E-state index contributed by atoms with van der Waals surface area (Å²) in [5.41, 5.74) is 1.10. The number of hydrogen-bond acceptors (Lipinski definition) is 3. The predicted octanol–water partition coefficient (Wildman–Crippen LogP) is 3.80. The monoisotopic (exact) mass is 330 g/mol. The molecule has 0 N–H and O–H groups in total. The van der Waals surface area contributed by atoms with Gasteiger partial charge in [-0.3, -0.25) is 4.79 Å². The Labute approximate surface area is 143 Å². The molecule has 4 heteroatoms. The van der Waals surface area contributed by atoms with Crippen LogP contribution in [0.25, 0.3) is 0 Å². The van der Waals surface area contributed by atoms with E-state index in [-0.39, 0.29) is 5.91 Å². The molecule has 2 aliphatic heterocycles. The van der Waals surface area contributed by atoms with Gasteiger partial charge in [0.15, 0.2) is 0 Å². The lowest BCUT2D eigenvalue weighted by atomic mass is 9.93. The number of allylic oxidation sites excluding steroid dienone is 1. The van der Waals surface area contributed by atoms with Gasteiger partial charge in [0.05, 0.1) is 11.4 Å². The molecule has 0 aliphatic carbocycles. The van der Waals surface area contributed by atoms with Crippen LogP contribution in [0.15, 0.2) is 41.8 Å². The molecule has 3 nitrogen and oxygen atoms in total. The van der Waals surface area contributed by atoms with Crippen molar-refractivity contribution < 1.29 is 4.79 Å². The van der Waals surface area contributed by atoms with Gasteiger partial charge in [-0.1, -0.05) is 18.2 Å². The van der Waals surface area contributed by atoms with Crippen LogP contribution in [0.1, 0.15) is 25.7 Å². The van der Waals surface area contributed by atoms with Crippen LogP contribution in [0, 0.1) is 5.92 Å². The Bertz CT molecular complexity index is 552.